The van der Waals surface area contributed by atoms with Gasteiger partial charge in [0, 0.05) is 38.9 Å². The van der Waals surface area contributed by atoms with Crippen LogP contribution in [0, 0.1) is 0 Å². The van der Waals surface area contributed by atoms with E-state index in [0.29, 0.717) is 18.8 Å². The van der Waals surface area contributed by atoms with Crippen LogP contribution in [0.2, 0.25) is 0 Å². The summed E-state index contributed by atoms with van der Waals surface area (Å²) in [6.07, 6.45) is 0. The van der Waals surface area contributed by atoms with Gasteiger partial charge in [0.15, 0.2) is 0 Å². The first-order valence-electron chi connectivity index (χ1n) is 6.78. The molecule has 2 rings (SSSR count). The van der Waals surface area contributed by atoms with Crippen molar-refractivity contribution in [3.05, 3.63) is 24.3 Å². The molecule has 21 heavy (non-hydrogen) atoms. The van der Waals surface area contributed by atoms with Gasteiger partial charge in [-0.25, -0.2) is 5.01 Å². The minimum absolute atomic E-state index is 0.112. The van der Waals surface area contributed by atoms with Gasteiger partial charge in [-0.05, 0) is 31.3 Å². The maximum Gasteiger partial charge on any atom is 0.324 e. The summed E-state index contributed by atoms with van der Waals surface area (Å²) >= 11 is 0. The number of amides is 2. The lowest BCUT2D eigenvalue weighted by molar-refractivity contribution is -0.141. The van der Waals surface area contributed by atoms with E-state index in [1.54, 1.807) is 17.1 Å². The highest BCUT2D eigenvalue weighted by molar-refractivity contribution is 6.40. The van der Waals surface area contributed by atoms with Crippen molar-refractivity contribution in [3.63, 3.8) is 0 Å². The Morgan fingerprint density at radius 1 is 1.14 bits per heavy atom. The quantitative estimate of drug-likeness (QED) is 0.728. The highest BCUT2D eigenvalue weighted by atomic mass is 16.3. The molecule has 0 atom stereocenters. The second kappa shape index (κ2) is 6.55. The average molecular weight is 292 g/mol. The Balaban J connectivity index is 1.92. The smallest absolute Gasteiger partial charge is 0.324 e. The summed E-state index contributed by atoms with van der Waals surface area (Å²) in [5.41, 5.74) is 3.18. The van der Waals surface area contributed by atoms with Gasteiger partial charge in [0.1, 0.15) is 5.75 Å². The zero-order valence-electron chi connectivity index (χ0n) is 12.2. The number of carbonyl (C=O) groups excluding carboxylic acids is 2. The molecule has 1 heterocycles. The number of likely N-dealkylation sites (N-methyl/N-ethyl adjacent to an activating group) is 2. The predicted octanol–water partition coefficient (Wildman–Crippen LogP) is -0.366. The van der Waals surface area contributed by atoms with Crippen LogP contribution in [0.5, 0.6) is 5.75 Å². The highest BCUT2D eigenvalue weighted by Crippen LogP contribution is 2.17. The van der Waals surface area contributed by atoms with Crippen LogP contribution in [0.3, 0.4) is 0 Å². The summed E-state index contributed by atoms with van der Waals surface area (Å²) in [6.45, 7) is 3.08. The third-order valence-corrected chi connectivity index (χ3v) is 3.50. The third-order valence-electron chi connectivity index (χ3n) is 3.50. The first kappa shape index (κ1) is 15.3. The first-order valence-corrected chi connectivity index (χ1v) is 6.78. The van der Waals surface area contributed by atoms with Gasteiger partial charge in [0.2, 0.25) is 0 Å². The van der Waals surface area contributed by atoms with E-state index in [9.17, 15) is 14.7 Å². The molecular formula is C14H20N4O3. The lowest BCUT2D eigenvalue weighted by Gasteiger charge is -2.32. The van der Waals surface area contributed by atoms with Crippen molar-refractivity contribution >= 4 is 17.5 Å². The number of hydrogen-bond acceptors (Lipinski definition) is 5. The Hall–Kier alpha value is -2.12. The fraction of sp³-hybridized carbons (Fsp3) is 0.429. The van der Waals surface area contributed by atoms with E-state index in [0.717, 1.165) is 13.1 Å². The zero-order chi connectivity index (χ0) is 15.4. The molecule has 2 amide bonds. The van der Waals surface area contributed by atoms with Crippen LogP contribution in [-0.2, 0) is 9.59 Å². The minimum Gasteiger partial charge on any atom is -0.508 e. The Bertz CT molecular complexity index is 509. The number of piperazine rings is 1. The number of phenols is 1. The molecule has 1 aromatic rings. The summed E-state index contributed by atoms with van der Waals surface area (Å²) in [5.74, 6) is -1.18. The van der Waals surface area contributed by atoms with Gasteiger partial charge in [-0.15, -0.1) is 0 Å². The summed E-state index contributed by atoms with van der Waals surface area (Å²) in [7, 11) is 3.54. The molecule has 1 aliphatic rings. The van der Waals surface area contributed by atoms with Crippen molar-refractivity contribution < 1.29 is 14.7 Å². The van der Waals surface area contributed by atoms with E-state index < -0.39 is 11.8 Å². The van der Waals surface area contributed by atoms with Crippen LogP contribution in [-0.4, -0.2) is 67.1 Å². The second-order valence-electron chi connectivity index (χ2n) is 5.11. The molecular weight excluding hydrogens is 272 g/mol. The van der Waals surface area contributed by atoms with Crippen molar-refractivity contribution in [2.75, 3.05) is 45.2 Å². The first-order chi connectivity index (χ1) is 9.97. The van der Waals surface area contributed by atoms with E-state index >= 15 is 0 Å². The normalized spacial score (nSPS) is 16.5. The van der Waals surface area contributed by atoms with Crippen LogP contribution in [0.4, 0.5) is 5.69 Å². The summed E-state index contributed by atoms with van der Waals surface area (Å²) < 4.78 is 0. The van der Waals surface area contributed by atoms with Crippen molar-refractivity contribution in [1.82, 2.24) is 15.3 Å². The zero-order valence-corrected chi connectivity index (χ0v) is 12.2. The molecule has 114 valence electrons. The molecule has 7 heteroatoms. The predicted molar refractivity (Wildman–Crippen MR) is 78.7 cm³/mol. The molecule has 1 saturated heterocycles. The van der Waals surface area contributed by atoms with Crippen molar-refractivity contribution in [2.24, 2.45) is 0 Å². The van der Waals surface area contributed by atoms with E-state index in [2.05, 4.69) is 10.3 Å². The minimum atomic E-state index is -0.657. The maximum absolute atomic E-state index is 12.1. The topological polar surface area (TPSA) is 76.1 Å². The molecule has 0 radical (unpaired) electrons. The number of carbonyl (C=O) groups is 2. The average Bonchev–Trinajstić information content (AvgIpc) is 2.49. The fourth-order valence-corrected chi connectivity index (χ4v) is 2.06. The van der Waals surface area contributed by atoms with Crippen LogP contribution in [0.1, 0.15) is 0 Å². The number of nitrogens with zero attached hydrogens (tertiary/aromatic N) is 3. The summed E-state index contributed by atoms with van der Waals surface area (Å²) in [5, 5.41) is 11.0. The Labute approximate surface area is 123 Å². The molecule has 7 nitrogen and oxygen atoms in total. The van der Waals surface area contributed by atoms with E-state index in [4.69, 9.17) is 0 Å². The van der Waals surface area contributed by atoms with Gasteiger partial charge < -0.3 is 14.9 Å². The van der Waals surface area contributed by atoms with Gasteiger partial charge in [-0.3, -0.25) is 15.0 Å². The van der Waals surface area contributed by atoms with Crippen LogP contribution in [0.15, 0.2) is 24.3 Å². The second-order valence-corrected chi connectivity index (χ2v) is 5.11. The highest BCUT2D eigenvalue weighted by Gasteiger charge is 2.23. The van der Waals surface area contributed by atoms with Crippen LogP contribution in [0.25, 0.3) is 0 Å². The number of hydrogen-bond donors (Lipinski definition) is 2. The van der Waals surface area contributed by atoms with Crippen LogP contribution >= 0.6 is 0 Å². The Morgan fingerprint density at radius 2 is 1.71 bits per heavy atom. The molecule has 0 aliphatic carbocycles. The lowest BCUT2D eigenvalue weighted by Crippen LogP contribution is -2.55. The number of hydrazine groups is 1. The van der Waals surface area contributed by atoms with Crippen LogP contribution < -0.4 is 10.3 Å². The van der Waals surface area contributed by atoms with Gasteiger partial charge in [0.25, 0.3) is 0 Å². The van der Waals surface area contributed by atoms with E-state index in [1.807, 2.05) is 7.05 Å². The summed E-state index contributed by atoms with van der Waals surface area (Å²) in [4.78, 5) is 27.5. The van der Waals surface area contributed by atoms with Gasteiger partial charge in [-0.2, -0.15) is 0 Å². The number of nitrogens with one attached hydrogen (secondary N) is 1. The molecule has 0 bridgehead atoms. The van der Waals surface area contributed by atoms with Crippen molar-refractivity contribution in [1.29, 1.82) is 0 Å². The maximum atomic E-state index is 12.1. The van der Waals surface area contributed by atoms with E-state index in [1.165, 1.54) is 24.1 Å². The molecule has 1 aliphatic heterocycles. The molecule has 1 fully saturated rings. The molecule has 0 saturated carbocycles. The Kier molecular flexibility index (Phi) is 4.77. The molecule has 2 N–H and O–H groups in total. The molecule has 0 spiro atoms. The SMILES string of the molecule is CN1CCN(NC(=O)C(=O)N(C)c2ccc(O)cc2)CC1. The van der Waals surface area contributed by atoms with Gasteiger partial charge in [-0.1, -0.05) is 0 Å². The number of phenolic OH excluding ortho intramolecular Hbond substituents is 1. The largest absolute Gasteiger partial charge is 0.508 e. The van der Waals surface area contributed by atoms with Gasteiger partial charge >= 0.3 is 11.8 Å². The molecule has 0 aromatic heterocycles. The third kappa shape index (κ3) is 3.93. The molecule has 0 unspecified atom stereocenters. The summed E-state index contributed by atoms with van der Waals surface area (Å²) in [6, 6.07) is 6.10. The molecule has 1 aromatic carbocycles. The lowest BCUT2D eigenvalue weighted by atomic mass is 10.3. The fourth-order valence-electron chi connectivity index (χ4n) is 2.06. The number of aromatic hydroxyl groups is 1. The number of benzene rings is 1. The van der Waals surface area contributed by atoms with Crippen molar-refractivity contribution in [3.8, 4) is 5.75 Å². The monoisotopic (exact) mass is 292 g/mol. The van der Waals surface area contributed by atoms with Gasteiger partial charge in [0.05, 0.1) is 0 Å². The van der Waals surface area contributed by atoms with E-state index in [-0.39, 0.29) is 5.75 Å². The standard InChI is InChI=1S/C14H20N4O3/c1-16-7-9-18(10-8-16)15-13(20)14(21)17(2)11-3-5-12(19)6-4-11/h3-6,19H,7-10H2,1-2H3,(H,15,20). The van der Waals surface area contributed by atoms with Crippen molar-refractivity contribution in [2.45, 2.75) is 0 Å². The Morgan fingerprint density at radius 3 is 2.29 bits per heavy atom. The number of rotatable bonds is 2. The number of anilines is 1.